The summed E-state index contributed by atoms with van der Waals surface area (Å²) in [6.07, 6.45) is 0.204. The Morgan fingerprint density at radius 2 is 1.50 bits per heavy atom. The van der Waals surface area contributed by atoms with E-state index in [2.05, 4.69) is 0 Å². The van der Waals surface area contributed by atoms with Crippen molar-refractivity contribution in [3.05, 3.63) is 83.9 Å². The zero-order valence-electron chi connectivity index (χ0n) is 15.1. The second-order valence-corrected chi connectivity index (χ2v) is 7.62. The molecule has 134 valence electrons. The van der Waals surface area contributed by atoms with Gasteiger partial charge in [0, 0.05) is 6.42 Å². The number of carboxylic acids is 1. The second-order valence-electron chi connectivity index (χ2n) is 7.62. The van der Waals surface area contributed by atoms with Crippen molar-refractivity contribution in [3.8, 4) is 0 Å². The second kappa shape index (κ2) is 6.93. The van der Waals surface area contributed by atoms with Crippen molar-refractivity contribution in [3.63, 3.8) is 0 Å². The summed E-state index contributed by atoms with van der Waals surface area (Å²) in [4.78, 5) is 11.9. The molecular weight excluding hydrogens is 324 g/mol. The van der Waals surface area contributed by atoms with Crippen LogP contribution in [0.1, 0.15) is 31.4 Å². The van der Waals surface area contributed by atoms with Gasteiger partial charge in [-0.15, -0.1) is 0 Å². The topological polar surface area (TPSA) is 57.5 Å². The van der Waals surface area contributed by atoms with Crippen LogP contribution in [0.5, 0.6) is 0 Å². The Morgan fingerprint density at radius 3 is 2.15 bits per heavy atom. The first-order chi connectivity index (χ1) is 12.3. The Labute approximate surface area is 153 Å². The molecule has 0 spiro atoms. The summed E-state index contributed by atoms with van der Waals surface area (Å²) in [5, 5.41) is 22.9. The number of hydrogen-bond donors (Lipinski definition) is 2. The van der Waals surface area contributed by atoms with Crippen molar-refractivity contribution in [2.24, 2.45) is 0 Å². The minimum Gasteiger partial charge on any atom is -0.479 e. The molecule has 0 saturated carbocycles. The number of carbonyl (C=O) groups is 1. The molecule has 3 rings (SSSR count). The Bertz CT molecular complexity index is 915. The van der Waals surface area contributed by atoms with Gasteiger partial charge in [0.25, 0.3) is 0 Å². The minimum absolute atomic E-state index is 0.0728. The van der Waals surface area contributed by atoms with Gasteiger partial charge >= 0.3 is 5.97 Å². The molecule has 0 aliphatic heterocycles. The number of hydrogen-bond acceptors (Lipinski definition) is 2. The average Bonchev–Trinajstić information content (AvgIpc) is 2.62. The van der Waals surface area contributed by atoms with Crippen LogP contribution in [0.2, 0.25) is 0 Å². The largest absolute Gasteiger partial charge is 0.479 e. The maximum absolute atomic E-state index is 11.9. The quantitative estimate of drug-likeness (QED) is 0.686. The molecule has 1 atom stereocenters. The van der Waals surface area contributed by atoms with Crippen molar-refractivity contribution >= 4 is 16.7 Å². The third-order valence-corrected chi connectivity index (χ3v) is 5.00. The Balaban J connectivity index is 1.90. The lowest BCUT2D eigenvalue weighted by Gasteiger charge is -2.34. The fourth-order valence-electron chi connectivity index (χ4n) is 3.62. The number of benzene rings is 3. The fraction of sp³-hybridized carbons (Fsp3) is 0.261. The van der Waals surface area contributed by atoms with Crippen LogP contribution in [0.3, 0.4) is 0 Å². The molecule has 3 heteroatoms. The molecule has 0 aromatic heterocycles. The van der Waals surface area contributed by atoms with E-state index >= 15 is 0 Å². The summed E-state index contributed by atoms with van der Waals surface area (Å²) in [5.74, 6) is -1.19. The smallest absolute Gasteiger partial charge is 0.336 e. The first-order valence-electron chi connectivity index (χ1n) is 8.79. The first-order valence-corrected chi connectivity index (χ1v) is 8.79. The molecule has 0 saturated heterocycles. The van der Waals surface area contributed by atoms with Crippen molar-refractivity contribution in [1.29, 1.82) is 0 Å². The number of rotatable bonds is 6. The molecule has 2 N–H and O–H groups in total. The zero-order chi connectivity index (χ0) is 18.8. The molecule has 26 heavy (non-hydrogen) atoms. The van der Waals surface area contributed by atoms with Crippen LogP contribution in [0, 0.1) is 0 Å². The number of carboxylic acid groups (broad SMARTS) is 1. The summed E-state index contributed by atoms with van der Waals surface area (Å²) < 4.78 is 0. The number of fused-ring (bicyclic) bond motifs is 1. The van der Waals surface area contributed by atoms with Gasteiger partial charge < -0.3 is 10.2 Å². The summed E-state index contributed by atoms with van der Waals surface area (Å²) in [7, 11) is 0. The van der Waals surface area contributed by atoms with Crippen LogP contribution in [0.15, 0.2) is 72.8 Å². The van der Waals surface area contributed by atoms with E-state index in [4.69, 9.17) is 0 Å². The Morgan fingerprint density at radius 1 is 0.885 bits per heavy atom. The van der Waals surface area contributed by atoms with E-state index in [9.17, 15) is 15.0 Å². The highest BCUT2D eigenvalue weighted by Crippen LogP contribution is 2.34. The van der Waals surface area contributed by atoms with E-state index in [-0.39, 0.29) is 12.8 Å². The molecule has 3 nitrogen and oxygen atoms in total. The number of aliphatic hydroxyl groups is 1. The molecule has 0 heterocycles. The van der Waals surface area contributed by atoms with Crippen LogP contribution in [0.4, 0.5) is 0 Å². The van der Waals surface area contributed by atoms with E-state index in [0.29, 0.717) is 0 Å². The summed E-state index contributed by atoms with van der Waals surface area (Å²) >= 11 is 0. The molecule has 0 aliphatic rings. The predicted octanol–water partition coefficient (Wildman–Crippen LogP) is 4.57. The standard InChI is InChI=1S/C23H24O3/c1-22(2,20-10-4-3-5-11-20)16-23(26,21(24)25)15-17-12-13-18-8-6-7-9-19(18)14-17/h3-14,26H,15-16H2,1-2H3,(H,24,25). The normalized spacial score (nSPS) is 14.1. The third kappa shape index (κ3) is 3.78. The lowest BCUT2D eigenvalue weighted by atomic mass is 9.73. The summed E-state index contributed by atoms with van der Waals surface area (Å²) in [5.41, 5.74) is -0.469. The molecule has 0 bridgehead atoms. The molecule has 1 unspecified atom stereocenters. The number of aliphatic carboxylic acids is 1. The van der Waals surface area contributed by atoms with Gasteiger partial charge in [-0.05, 0) is 33.7 Å². The van der Waals surface area contributed by atoms with Gasteiger partial charge in [0.15, 0.2) is 5.60 Å². The summed E-state index contributed by atoms with van der Waals surface area (Å²) in [6, 6.07) is 23.5. The molecule has 0 fully saturated rings. The van der Waals surface area contributed by atoms with E-state index in [1.807, 2.05) is 86.6 Å². The van der Waals surface area contributed by atoms with Crippen molar-refractivity contribution in [1.82, 2.24) is 0 Å². The van der Waals surface area contributed by atoms with Gasteiger partial charge in [-0.3, -0.25) is 0 Å². The zero-order valence-corrected chi connectivity index (χ0v) is 15.1. The molecule has 0 amide bonds. The highest BCUT2D eigenvalue weighted by atomic mass is 16.4. The highest BCUT2D eigenvalue weighted by molar-refractivity contribution is 5.83. The minimum atomic E-state index is -1.83. The van der Waals surface area contributed by atoms with Gasteiger partial charge in [-0.2, -0.15) is 0 Å². The van der Waals surface area contributed by atoms with Crippen LogP contribution in [-0.4, -0.2) is 21.8 Å². The van der Waals surface area contributed by atoms with Crippen LogP contribution < -0.4 is 0 Å². The lowest BCUT2D eigenvalue weighted by Crippen LogP contribution is -2.45. The monoisotopic (exact) mass is 348 g/mol. The first kappa shape index (κ1) is 18.2. The van der Waals surface area contributed by atoms with Crippen LogP contribution in [0.25, 0.3) is 10.8 Å². The van der Waals surface area contributed by atoms with Crippen molar-refractivity contribution < 1.29 is 15.0 Å². The fourth-order valence-corrected chi connectivity index (χ4v) is 3.62. The summed E-state index contributed by atoms with van der Waals surface area (Å²) in [6.45, 7) is 3.94. The van der Waals surface area contributed by atoms with Crippen molar-refractivity contribution in [2.45, 2.75) is 37.7 Å². The maximum Gasteiger partial charge on any atom is 0.336 e. The Hall–Kier alpha value is -2.65. The van der Waals surface area contributed by atoms with Crippen LogP contribution >= 0.6 is 0 Å². The molecule has 0 aliphatic carbocycles. The third-order valence-electron chi connectivity index (χ3n) is 5.00. The average molecular weight is 348 g/mol. The molecular formula is C23H24O3. The van der Waals surface area contributed by atoms with E-state index in [1.54, 1.807) is 0 Å². The highest BCUT2D eigenvalue weighted by Gasteiger charge is 2.42. The molecule has 0 radical (unpaired) electrons. The van der Waals surface area contributed by atoms with Crippen LogP contribution in [-0.2, 0) is 16.6 Å². The van der Waals surface area contributed by atoms with Crippen molar-refractivity contribution in [2.75, 3.05) is 0 Å². The predicted molar refractivity (Wildman–Crippen MR) is 104 cm³/mol. The van der Waals surface area contributed by atoms with E-state index < -0.39 is 17.0 Å². The molecule has 3 aromatic rings. The Kier molecular flexibility index (Phi) is 4.84. The van der Waals surface area contributed by atoms with Gasteiger partial charge in [0.05, 0.1) is 0 Å². The van der Waals surface area contributed by atoms with E-state index in [0.717, 1.165) is 21.9 Å². The van der Waals surface area contributed by atoms with E-state index in [1.165, 1.54) is 0 Å². The van der Waals surface area contributed by atoms with Gasteiger partial charge in [-0.1, -0.05) is 86.6 Å². The SMILES string of the molecule is CC(C)(CC(O)(Cc1ccc2ccccc2c1)C(=O)O)c1ccccc1. The molecule has 3 aromatic carbocycles. The van der Waals surface area contributed by atoms with Gasteiger partial charge in [0.1, 0.15) is 0 Å². The maximum atomic E-state index is 11.9. The lowest BCUT2D eigenvalue weighted by molar-refractivity contribution is -0.160. The van der Waals surface area contributed by atoms with Gasteiger partial charge in [-0.25, -0.2) is 4.79 Å². The van der Waals surface area contributed by atoms with Gasteiger partial charge in [0.2, 0.25) is 0 Å².